The van der Waals surface area contributed by atoms with E-state index >= 15 is 0 Å². The lowest BCUT2D eigenvalue weighted by Gasteiger charge is -2.24. The summed E-state index contributed by atoms with van der Waals surface area (Å²) < 4.78 is 18.2. The molecule has 1 aromatic heterocycles. The zero-order valence-electron chi connectivity index (χ0n) is 13.4. The molecule has 1 aliphatic rings. The highest BCUT2D eigenvalue weighted by molar-refractivity contribution is 5.79. The van der Waals surface area contributed by atoms with Crippen LogP contribution < -0.4 is 4.74 Å². The van der Waals surface area contributed by atoms with Crippen LogP contribution >= 0.6 is 0 Å². The Kier molecular flexibility index (Phi) is 4.76. The van der Waals surface area contributed by atoms with Crippen LogP contribution in [0.2, 0.25) is 0 Å². The number of rotatable bonds is 4. The van der Waals surface area contributed by atoms with Gasteiger partial charge in [-0.2, -0.15) is 0 Å². The summed E-state index contributed by atoms with van der Waals surface area (Å²) in [7, 11) is 1.52. The summed E-state index contributed by atoms with van der Waals surface area (Å²) in [5.74, 6) is 0.00854. The Bertz CT molecular complexity index is 720. The minimum Gasteiger partial charge on any atom is -0.481 e. The Morgan fingerprint density at radius 3 is 2.79 bits per heavy atom. The van der Waals surface area contributed by atoms with E-state index < -0.39 is 6.10 Å². The first-order valence-electron chi connectivity index (χ1n) is 7.79. The van der Waals surface area contributed by atoms with Gasteiger partial charge in [-0.3, -0.25) is 4.79 Å². The number of methoxy groups -OCH3 is 1. The fraction of sp³-hybridized carbons (Fsp3) is 0.333. The Morgan fingerprint density at radius 2 is 2.08 bits per heavy atom. The molecule has 2 heterocycles. The molecule has 24 heavy (non-hydrogen) atoms. The fourth-order valence-corrected chi connectivity index (χ4v) is 3.02. The molecule has 1 aromatic carbocycles. The molecule has 5 nitrogen and oxygen atoms in total. The molecule has 0 spiro atoms. The van der Waals surface area contributed by atoms with Crippen LogP contribution in [0.25, 0.3) is 0 Å². The van der Waals surface area contributed by atoms with Crippen molar-refractivity contribution >= 4 is 5.91 Å². The topological polar surface area (TPSA) is 62.7 Å². The van der Waals surface area contributed by atoms with Crippen molar-refractivity contribution in [3.63, 3.8) is 0 Å². The number of likely N-dealkylation sites (tertiary alicyclic amines) is 1. The highest BCUT2D eigenvalue weighted by atomic mass is 19.1. The van der Waals surface area contributed by atoms with Crippen LogP contribution in [-0.2, 0) is 11.2 Å². The van der Waals surface area contributed by atoms with Crippen molar-refractivity contribution < 1.29 is 19.0 Å². The van der Waals surface area contributed by atoms with Crippen molar-refractivity contribution in [2.45, 2.75) is 25.0 Å². The summed E-state index contributed by atoms with van der Waals surface area (Å²) in [4.78, 5) is 18.6. The maximum Gasteiger partial charge on any atom is 0.229 e. The monoisotopic (exact) mass is 330 g/mol. The first kappa shape index (κ1) is 16.4. The molecule has 0 unspecified atom stereocenters. The van der Waals surface area contributed by atoms with Crippen LogP contribution in [-0.4, -0.2) is 40.7 Å². The molecule has 0 aliphatic carbocycles. The predicted octanol–water partition coefficient (Wildman–Crippen LogP) is 2.11. The molecule has 1 N–H and O–H groups in total. The number of benzene rings is 1. The molecular formula is C18H19FN2O3. The zero-order valence-corrected chi connectivity index (χ0v) is 13.4. The molecule has 2 atom stereocenters. The van der Waals surface area contributed by atoms with E-state index in [0.717, 1.165) is 5.56 Å². The summed E-state index contributed by atoms with van der Waals surface area (Å²) >= 11 is 0. The van der Waals surface area contributed by atoms with Gasteiger partial charge in [-0.1, -0.05) is 18.2 Å². The number of aliphatic hydroxyl groups excluding tert-OH is 1. The second-order valence-electron chi connectivity index (χ2n) is 5.85. The summed E-state index contributed by atoms with van der Waals surface area (Å²) in [6, 6.07) is 11.1. The number of hydrogen-bond donors (Lipinski definition) is 1. The highest BCUT2D eigenvalue weighted by Gasteiger charge is 2.35. The van der Waals surface area contributed by atoms with Gasteiger partial charge in [0, 0.05) is 12.6 Å². The number of β-amino-alcohol motifs (C(OH)–C–C–N with tert-alkyl or cyclic N) is 1. The van der Waals surface area contributed by atoms with Crippen LogP contribution in [0.1, 0.15) is 23.7 Å². The highest BCUT2D eigenvalue weighted by Crippen LogP contribution is 2.32. The SMILES string of the molecule is COc1cccc(CC(=O)N2C[C@H](O)C[C@H]2c2ccc(F)cc2)n1. The van der Waals surface area contributed by atoms with Gasteiger partial charge in [0.1, 0.15) is 5.82 Å². The van der Waals surface area contributed by atoms with E-state index in [2.05, 4.69) is 4.98 Å². The van der Waals surface area contributed by atoms with Gasteiger partial charge < -0.3 is 14.7 Å². The molecule has 0 bridgehead atoms. The molecule has 2 aromatic rings. The van der Waals surface area contributed by atoms with Crippen molar-refractivity contribution in [3.05, 3.63) is 59.5 Å². The van der Waals surface area contributed by atoms with E-state index in [9.17, 15) is 14.3 Å². The lowest BCUT2D eigenvalue weighted by atomic mass is 10.0. The van der Waals surface area contributed by atoms with Crippen LogP contribution in [0.4, 0.5) is 4.39 Å². The van der Waals surface area contributed by atoms with Crippen molar-refractivity contribution in [1.82, 2.24) is 9.88 Å². The van der Waals surface area contributed by atoms with E-state index in [1.807, 2.05) is 0 Å². The van der Waals surface area contributed by atoms with Crippen LogP contribution in [0, 0.1) is 5.82 Å². The molecule has 6 heteroatoms. The van der Waals surface area contributed by atoms with E-state index in [1.54, 1.807) is 35.2 Å². The van der Waals surface area contributed by atoms with Gasteiger partial charge in [0.25, 0.3) is 0 Å². The van der Waals surface area contributed by atoms with Gasteiger partial charge in [-0.05, 0) is 30.2 Å². The number of pyridine rings is 1. The Balaban J connectivity index is 1.77. The third-order valence-electron chi connectivity index (χ3n) is 4.18. The molecule has 1 aliphatic heterocycles. The smallest absolute Gasteiger partial charge is 0.229 e. The number of nitrogens with zero attached hydrogens (tertiary/aromatic N) is 2. The number of halogens is 1. The first-order chi connectivity index (χ1) is 11.6. The summed E-state index contributed by atoms with van der Waals surface area (Å²) in [6.07, 6.45) is -0.00729. The second-order valence-corrected chi connectivity index (χ2v) is 5.85. The average molecular weight is 330 g/mol. The molecule has 1 amide bonds. The number of hydrogen-bond acceptors (Lipinski definition) is 4. The zero-order chi connectivity index (χ0) is 17.1. The van der Waals surface area contributed by atoms with E-state index in [1.165, 1.54) is 19.2 Å². The van der Waals surface area contributed by atoms with E-state index in [-0.39, 0.29) is 30.7 Å². The lowest BCUT2D eigenvalue weighted by Crippen LogP contribution is -2.33. The number of carbonyl (C=O) groups excluding carboxylic acids is 1. The normalized spacial score (nSPS) is 20.2. The van der Waals surface area contributed by atoms with Gasteiger partial charge in [-0.15, -0.1) is 0 Å². The number of aromatic nitrogens is 1. The summed E-state index contributed by atoms with van der Waals surface area (Å²) in [5.41, 5.74) is 1.43. The molecular weight excluding hydrogens is 311 g/mol. The Labute approximate surface area is 139 Å². The Morgan fingerprint density at radius 1 is 1.33 bits per heavy atom. The third kappa shape index (κ3) is 3.54. The maximum absolute atomic E-state index is 13.1. The van der Waals surface area contributed by atoms with Crippen LogP contribution in [0.3, 0.4) is 0 Å². The third-order valence-corrected chi connectivity index (χ3v) is 4.18. The van der Waals surface area contributed by atoms with Gasteiger partial charge in [0.15, 0.2) is 0 Å². The lowest BCUT2D eigenvalue weighted by molar-refractivity contribution is -0.131. The number of aliphatic hydroxyl groups is 1. The Hall–Kier alpha value is -2.47. The van der Waals surface area contributed by atoms with Crippen molar-refractivity contribution in [2.75, 3.05) is 13.7 Å². The molecule has 3 rings (SSSR count). The van der Waals surface area contributed by atoms with Crippen molar-refractivity contribution in [2.24, 2.45) is 0 Å². The van der Waals surface area contributed by atoms with Crippen LogP contribution in [0.5, 0.6) is 5.88 Å². The summed E-state index contributed by atoms with van der Waals surface area (Å²) in [5, 5.41) is 9.98. The molecule has 1 saturated heterocycles. The molecule has 0 saturated carbocycles. The fourth-order valence-electron chi connectivity index (χ4n) is 3.02. The quantitative estimate of drug-likeness (QED) is 0.933. The van der Waals surface area contributed by atoms with Crippen LogP contribution in [0.15, 0.2) is 42.5 Å². The standard InChI is InChI=1S/C18H19FN2O3/c1-24-17-4-2-3-14(20-17)9-18(23)21-11-15(22)10-16(21)12-5-7-13(19)8-6-12/h2-8,15-16,22H,9-11H2,1H3/t15-,16+/m1/s1. The van der Waals surface area contributed by atoms with Crippen molar-refractivity contribution in [1.29, 1.82) is 0 Å². The first-order valence-corrected chi connectivity index (χ1v) is 7.79. The summed E-state index contributed by atoms with van der Waals surface area (Å²) in [6.45, 7) is 0.269. The number of ether oxygens (including phenoxy) is 1. The maximum atomic E-state index is 13.1. The minimum absolute atomic E-state index is 0.123. The van der Waals surface area contributed by atoms with E-state index in [4.69, 9.17) is 4.74 Å². The van der Waals surface area contributed by atoms with Gasteiger partial charge in [-0.25, -0.2) is 9.37 Å². The number of carbonyl (C=O) groups is 1. The second kappa shape index (κ2) is 6.97. The predicted molar refractivity (Wildman–Crippen MR) is 86.0 cm³/mol. The molecule has 126 valence electrons. The van der Waals surface area contributed by atoms with Gasteiger partial charge in [0.2, 0.25) is 11.8 Å². The average Bonchev–Trinajstić information content (AvgIpc) is 2.97. The molecule has 1 fully saturated rings. The van der Waals surface area contributed by atoms with Gasteiger partial charge >= 0.3 is 0 Å². The largest absolute Gasteiger partial charge is 0.481 e. The molecule has 0 radical (unpaired) electrons. The number of amides is 1. The van der Waals surface area contributed by atoms with Gasteiger partial charge in [0.05, 0.1) is 31.4 Å². The minimum atomic E-state index is -0.581. The van der Waals surface area contributed by atoms with E-state index in [0.29, 0.717) is 18.0 Å². The van der Waals surface area contributed by atoms with Crippen molar-refractivity contribution in [3.8, 4) is 5.88 Å².